The average molecular weight is 260 g/mol. The molecule has 19 heavy (non-hydrogen) atoms. The second-order valence-corrected chi connectivity index (χ2v) is 4.87. The lowest BCUT2D eigenvalue weighted by Crippen LogP contribution is -2.39. The number of aromatic nitrogens is 2. The molecular formula is C13H16N4O2. The van der Waals surface area contributed by atoms with Gasteiger partial charge in [-0.1, -0.05) is 5.16 Å². The lowest BCUT2D eigenvalue weighted by Gasteiger charge is -2.23. The van der Waals surface area contributed by atoms with E-state index in [2.05, 4.69) is 10.1 Å². The lowest BCUT2D eigenvalue weighted by molar-refractivity contribution is 0.0741. The quantitative estimate of drug-likeness (QED) is 0.873. The molecule has 0 aromatic carbocycles. The number of amides is 1. The van der Waals surface area contributed by atoms with Crippen molar-refractivity contribution in [1.29, 1.82) is 0 Å². The minimum Gasteiger partial charge on any atom is -0.336 e. The third-order valence-corrected chi connectivity index (χ3v) is 3.67. The molecule has 6 heteroatoms. The largest absolute Gasteiger partial charge is 0.336 e. The Labute approximate surface area is 110 Å². The number of fused-ring (bicyclic) bond motifs is 1. The topological polar surface area (TPSA) is 85.2 Å². The van der Waals surface area contributed by atoms with E-state index in [1.54, 1.807) is 12.3 Å². The van der Waals surface area contributed by atoms with Gasteiger partial charge in [-0.15, -0.1) is 0 Å². The van der Waals surface area contributed by atoms with Crippen LogP contribution in [-0.4, -0.2) is 40.1 Å². The molecule has 3 heterocycles. The summed E-state index contributed by atoms with van der Waals surface area (Å²) in [5.74, 6) is -0.0112. The van der Waals surface area contributed by atoms with Gasteiger partial charge in [0, 0.05) is 25.3 Å². The van der Waals surface area contributed by atoms with Gasteiger partial charge in [-0.05, 0) is 25.8 Å². The van der Waals surface area contributed by atoms with Gasteiger partial charge in [0.25, 0.3) is 11.6 Å². The third-order valence-electron chi connectivity index (χ3n) is 3.67. The zero-order valence-corrected chi connectivity index (χ0v) is 10.8. The van der Waals surface area contributed by atoms with E-state index < -0.39 is 0 Å². The summed E-state index contributed by atoms with van der Waals surface area (Å²) in [6.07, 6.45) is 3.53. The predicted octanol–water partition coefficient (Wildman–Crippen LogP) is 1.09. The Bertz CT molecular complexity index is 622. The molecule has 1 unspecified atom stereocenters. The molecule has 2 aromatic heterocycles. The molecule has 1 amide bonds. The summed E-state index contributed by atoms with van der Waals surface area (Å²) in [6.45, 7) is 3.11. The van der Waals surface area contributed by atoms with Gasteiger partial charge >= 0.3 is 0 Å². The maximum absolute atomic E-state index is 12.5. The van der Waals surface area contributed by atoms with Crippen LogP contribution in [0.3, 0.4) is 0 Å². The van der Waals surface area contributed by atoms with Crippen molar-refractivity contribution in [1.82, 2.24) is 15.0 Å². The minimum absolute atomic E-state index is 0.0112. The number of hydrogen-bond donors (Lipinski definition) is 1. The van der Waals surface area contributed by atoms with Gasteiger partial charge in [0.2, 0.25) is 0 Å². The van der Waals surface area contributed by atoms with E-state index in [9.17, 15) is 4.79 Å². The zero-order chi connectivity index (χ0) is 13.4. The maximum Gasteiger partial charge on any atom is 0.257 e. The van der Waals surface area contributed by atoms with Crippen LogP contribution in [0.15, 0.2) is 16.8 Å². The van der Waals surface area contributed by atoms with E-state index in [1.807, 2.05) is 11.8 Å². The molecule has 100 valence electrons. The second-order valence-electron chi connectivity index (χ2n) is 4.87. The van der Waals surface area contributed by atoms with Gasteiger partial charge in [-0.2, -0.15) is 0 Å². The van der Waals surface area contributed by atoms with Gasteiger partial charge in [0.15, 0.2) is 0 Å². The van der Waals surface area contributed by atoms with E-state index in [1.165, 1.54) is 0 Å². The molecule has 0 bridgehead atoms. The van der Waals surface area contributed by atoms with E-state index in [0.29, 0.717) is 17.8 Å². The number of rotatable bonds is 2. The van der Waals surface area contributed by atoms with Crippen molar-refractivity contribution in [3.8, 4) is 0 Å². The van der Waals surface area contributed by atoms with E-state index in [0.717, 1.165) is 30.5 Å². The first-order valence-corrected chi connectivity index (χ1v) is 6.44. The second kappa shape index (κ2) is 4.62. The molecule has 6 nitrogen and oxygen atoms in total. The summed E-state index contributed by atoms with van der Waals surface area (Å²) in [5.41, 5.74) is 7.48. The van der Waals surface area contributed by atoms with Crippen molar-refractivity contribution < 1.29 is 9.32 Å². The molecule has 3 rings (SSSR count). The molecule has 2 aromatic rings. The van der Waals surface area contributed by atoms with Crippen molar-refractivity contribution in [3.05, 3.63) is 23.5 Å². The van der Waals surface area contributed by atoms with E-state index >= 15 is 0 Å². The summed E-state index contributed by atoms with van der Waals surface area (Å²) in [4.78, 5) is 18.4. The number of likely N-dealkylation sites (tertiary alicyclic amines) is 1. The number of carbonyl (C=O) groups excluding carboxylic acids is 1. The Kier molecular flexibility index (Phi) is 2.94. The fraction of sp³-hybridized carbons (Fsp3) is 0.462. The summed E-state index contributed by atoms with van der Waals surface area (Å²) >= 11 is 0. The molecule has 1 aliphatic heterocycles. The standard InChI is InChI=1S/C13H16N4O2/c1-8-11-5-9(7-15-12(11)19-16-8)13(18)17-4-2-3-10(17)6-14/h5,7,10H,2-4,6,14H2,1H3. The Balaban J connectivity index is 1.94. The normalized spacial score (nSPS) is 19.3. The Hall–Kier alpha value is -1.95. The monoisotopic (exact) mass is 260 g/mol. The maximum atomic E-state index is 12.5. The molecule has 0 spiro atoms. The van der Waals surface area contributed by atoms with E-state index in [-0.39, 0.29) is 11.9 Å². The smallest absolute Gasteiger partial charge is 0.257 e. The molecule has 2 N–H and O–H groups in total. The number of aryl methyl sites for hydroxylation is 1. The highest BCUT2D eigenvalue weighted by Gasteiger charge is 2.28. The van der Waals surface area contributed by atoms with Crippen LogP contribution in [0, 0.1) is 6.92 Å². The van der Waals surface area contributed by atoms with Crippen LogP contribution in [0.1, 0.15) is 28.9 Å². The predicted molar refractivity (Wildman–Crippen MR) is 69.7 cm³/mol. The van der Waals surface area contributed by atoms with Crippen LogP contribution in [0.5, 0.6) is 0 Å². The van der Waals surface area contributed by atoms with Crippen molar-refractivity contribution in [2.24, 2.45) is 5.73 Å². The van der Waals surface area contributed by atoms with Crippen LogP contribution >= 0.6 is 0 Å². The molecule has 0 radical (unpaired) electrons. The average Bonchev–Trinajstić information content (AvgIpc) is 3.04. The Morgan fingerprint density at radius 3 is 3.26 bits per heavy atom. The van der Waals surface area contributed by atoms with Crippen molar-refractivity contribution in [2.75, 3.05) is 13.1 Å². The van der Waals surface area contributed by atoms with Gasteiger partial charge in [-0.25, -0.2) is 4.98 Å². The number of carbonyl (C=O) groups is 1. The third kappa shape index (κ3) is 1.98. The van der Waals surface area contributed by atoms with Crippen molar-refractivity contribution in [3.63, 3.8) is 0 Å². The highest BCUT2D eigenvalue weighted by Crippen LogP contribution is 2.22. The molecule has 0 saturated carbocycles. The Morgan fingerprint density at radius 1 is 1.63 bits per heavy atom. The Morgan fingerprint density at radius 2 is 2.47 bits per heavy atom. The zero-order valence-electron chi connectivity index (χ0n) is 10.8. The summed E-state index contributed by atoms with van der Waals surface area (Å²) in [7, 11) is 0. The molecule has 1 fully saturated rings. The first-order chi connectivity index (χ1) is 9.20. The number of nitrogens with two attached hydrogens (primary N) is 1. The molecule has 1 aliphatic rings. The molecule has 0 aliphatic carbocycles. The first kappa shape index (κ1) is 12.1. The number of nitrogens with zero attached hydrogens (tertiary/aromatic N) is 3. The van der Waals surface area contributed by atoms with Gasteiger partial charge in [0.05, 0.1) is 16.6 Å². The highest BCUT2D eigenvalue weighted by molar-refractivity contribution is 5.97. The van der Waals surface area contributed by atoms with Crippen LogP contribution in [-0.2, 0) is 0 Å². The van der Waals surface area contributed by atoms with Crippen molar-refractivity contribution >= 4 is 17.0 Å². The fourth-order valence-corrected chi connectivity index (χ4v) is 2.58. The summed E-state index contributed by atoms with van der Waals surface area (Å²) in [5, 5.41) is 4.63. The van der Waals surface area contributed by atoms with Crippen molar-refractivity contribution in [2.45, 2.75) is 25.8 Å². The molecular weight excluding hydrogens is 244 g/mol. The minimum atomic E-state index is -0.0112. The van der Waals surface area contributed by atoms with Gasteiger partial charge < -0.3 is 15.2 Å². The summed E-state index contributed by atoms with van der Waals surface area (Å²) < 4.78 is 5.05. The van der Waals surface area contributed by atoms with E-state index in [4.69, 9.17) is 10.3 Å². The van der Waals surface area contributed by atoms with Crippen LogP contribution < -0.4 is 5.73 Å². The van der Waals surface area contributed by atoms with Gasteiger partial charge in [-0.3, -0.25) is 4.79 Å². The van der Waals surface area contributed by atoms with Crippen LogP contribution in [0.25, 0.3) is 11.1 Å². The van der Waals surface area contributed by atoms with Crippen LogP contribution in [0.4, 0.5) is 0 Å². The lowest BCUT2D eigenvalue weighted by atomic mass is 10.1. The highest BCUT2D eigenvalue weighted by atomic mass is 16.5. The number of hydrogen-bond acceptors (Lipinski definition) is 5. The fourth-order valence-electron chi connectivity index (χ4n) is 2.58. The number of pyridine rings is 1. The molecule has 1 atom stereocenters. The van der Waals surface area contributed by atoms with Crippen LogP contribution in [0.2, 0.25) is 0 Å². The molecule has 1 saturated heterocycles. The van der Waals surface area contributed by atoms with Gasteiger partial charge in [0.1, 0.15) is 0 Å². The summed E-state index contributed by atoms with van der Waals surface area (Å²) in [6, 6.07) is 1.94. The SMILES string of the molecule is Cc1noc2ncc(C(=O)N3CCCC3CN)cc12. The first-order valence-electron chi connectivity index (χ1n) is 6.44.